The van der Waals surface area contributed by atoms with Gasteiger partial charge in [0.25, 0.3) is 10.0 Å². The number of aryl methyl sites for hydroxylation is 1. The first-order chi connectivity index (χ1) is 9.25. The van der Waals surface area contributed by atoms with Gasteiger partial charge in [-0.05, 0) is 31.6 Å². The van der Waals surface area contributed by atoms with Crippen LogP contribution in [0.2, 0.25) is 0 Å². The molecule has 4 N–H and O–H groups in total. The maximum atomic E-state index is 12.5. The Kier molecular flexibility index (Phi) is 4.22. The van der Waals surface area contributed by atoms with Gasteiger partial charge in [-0.25, -0.2) is 13.1 Å². The van der Waals surface area contributed by atoms with Crippen molar-refractivity contribution in [3.63, 3.8) is 0 Å². The molecule has 0 bridgehead atoms. The summed E-state index contributed by atoms with van der Waals surface area (Å²) in [5.41, 5.74) is 7.07. The van der Waals surface area contributed by atoms with Gasteiger partial charge in [-0.15, -0.1) is 0 Å². The van der Waals surface area contributed by atoms with Gasteiger partial charge in [-0.3, -0.25) is 5.10 Å². The quantitative estimate of drug-likeness (QED) is 0.783. The van der Waals surface area contributed by atoms with E-state index in [4.69, 9.17) is 5.73 Å². The largest absolute Gasteiger partial charge is 0.326 e. The molecule has 0 radical (unpaired) electrons. The average molecular weight is 300 g/mol. The van der Waals surface area contributed by atoms with Crippen LogP contribution >= 0.6 is 0 Å². The summed E-state index contributed by atoms with van der Waals surface area (Å²) in [6.45, 7) is 6.29. The molecule has 0 aliphatic heterocycles. The minimum absolute atomic E-state index is 0.0219. The lowest BCUT2D eigenvalue weighted by Crippen LogP contribution is -2.41. The molecule has 7 heteroatoms. The highest BCUT2D eigenvalue weighted by molar-refractivity contribution is 7.89. The molecule has 1 fully saturated rings. The fourth-order valence-electron chi connectivity index (χ4n) is 2.97. The third-order valence-corrected chi connectivity index (χ3v) is 5.51. The van der Waals surface area contributed by atoms with E-state index >= 15 is 0 Å². The number of rotatable bonds is 4. The molecule has 1 aliphatic rings. The van der Waals surface area contributed by atoms with Crippen LogP contribution in [0.5, 0.6) is 0 Å². The molecule has 1 aromatic heterocycles. The second kappa shape index (κ2) is 5.46. The predicted octanol–water partition coefficient (Wildman–Crippen LogP) is 1.42. The van der Waals surface area contributed by atoms with Crippen LogP contribution < -0.4 is 10.5 Å². The van der Waals surface area contributed by atoms with E-state index in [2.05, 4.69) is 28.8 Å². The van der Waals surface area contributed by atoms with Crippen LogP contribution in [0.3, 0.4) is 0 Å². The molecule has 2 rings (SSSR count). The van der Waals surface area contributed by atoms with E-state index < -0.39 is 10.0 Å². The monoisotopic (exact) mass is 300 g/mol. The number of aromatic nitrogens is 2. The molecule has 1 saturated carbocycles. The van der Waals surface area contributed by atoms with Crippen molar-refractivity contribution >= 4 is 10.0 Å². The molecule has 0 spiro atoms. The van der Waals surface area contributed by atoms with E-state index in [0.29, 0.717) is 11.3 Å². The van der Waals surface area contributed by atoms with E-state index in [9.17, 15) is 8.42 Å². The fraction of sp³-hybridized carbons (Fsp3) is 0.769. The zero-order valence-electron chi connectivity index (χ0n) is 12.4. The third-order valence-electron chi connectivity index (χ3n) is 4.02. The highest BCUT2D eigenvalue weighted by Crippen LogP contribution is 2.35. The summed E-state index contributed by atoms with van der Waals surface area (Å²) in [5.74, 6) is 0. The highest BCUT2D eigenvalue weighted by Gasteiger charge is 2.32. The van der Waals surface area contributed by atoms with Gasteiger partial charge in [-0.2, -0.15) is 5.10 Å². The number of nitrogens with two attached hydrogens (primary N) is 1. The molecule has 0 saturated heterocycles. The maximum Gasteiger partial charge on any atom is 0.260 e. The van der Waals surface area contributed by atoms with Gasteiger partial charge >= 0.3 is 0 Å². The number of hydrogen-bond acceptors (Lipinski definition) is 4. The van der Waals surface area contributed by atoms with Gasteiger partial charge < -0.3 is 5.73 Å². The average Bonchev–Trinajstić information content (AvgIpc) is 2.69. The van der Waals surface area contributed by atoms with E-state index in [1.54, 1.807) is 6.92 Å². The Labute approximate surface area is 120 Å². The van der Waals surface area contributed by atoms with Gasteiger partial charge in [0, 0.05) is 23.8 Å². The topological polar surface area (TPSA) is 101 Å². The van der Waals surface area contributed by atoms with Crippen molar-refractivity contribution in [2.45, 2.75) is 64.1 Å². The van der Waals surface area contributed by atoms with Gasteiger partial charge in [0.2, 0.25) is 0 Å². The van der Waals surface area contributed by atoms with Gasteiger partial charge in [0.15, 0.2) is 5.03 Å². The van der Waals surface area contributed by atoms with Crippen molar-refractivity contribution in [3.8, 4) is 0 Å². The lowest BCUT2D eigenvalue weighted by atomic mass is 9.75. The van der Waals surface area contributed by atoms with Gasteiger partial charge in [0.05, 0.1) is 0 Å². The van der Waals surface area contributed by atoms with Crippen LogP contribution in [0.4, 0.5) is 0 Å². The summed E-state index contributed by atoms with van der Waals surface area (Å²) in [4.78, 5) is 0. The zero-order chi connectivity index (χ0) is 15.0. The second-order valence-corrected chi connectivity index (χ2v) is 8.04. The molecular formula is C13H24N4O2S. The molecule has 20 heavy (non-hydrogen) atoms. The van der Waals surface area contributed by atoms with E-state index in [-0.39, 0.29) is 23.0 Å². The molecule has 6 nitrogen and oxygen atoms in total. The Morgan fingerprint density at radius 3 is 2.80 bits per heavy atom. The number of hydrogen-bond donors (Lipinski definition) is 3. The highest BCUT2D eigenvalue weighted by atomic mass is 32.2. The van der Waals surface area contributed by atoms with Crippen LogP contribution in [0.1, 0.15) is 50.8 Å². The Morgan fingerprint density at radius 2 is 2.20 bits per heavy atom. The van der Waals surface area contributed by atoms with Crippen molar-refractivity contribution in [2.75, 3.05) is 0 Å². The lowest BCUT2D eigenvalue weighted by molar-refractivity contribution is 0.212. The summed E-state index contributed by atoms with van der Waals surface area (Å²) in [5, 5.41) is 6.65. The molecule has 114 valence electrons. The summed E-state index contributed by atoms with van der Waals surface area (Å²) < 4.78 is 27.7. The molecule has 1 aliphatic carbocycles. The van der Waals surface area contributed by atoms with Crippen LogP contribution in [0, 0.1) is 12.3 Å². The van der Waals surface area contributed by atoms with Gasteiger partial charge in [0.1, 0.15) is 0 Å². The van der Waals surface area contributed by atoms with E-state index in [1.807, 2.05) is 0 Å². The molecule has 1 unspecified atom stereocenters. The first-order valence-electron chi connectivity index (χ1n) is 7.01. The van der Waals surface area contributed by atoms with Crippen molar-refractivity contribution < 1.29 is 8.42 Å². The van der Waals surface area contributed by atoms with Crippen LogP contribution in [-0.2, 0) is 16.6 Å². The number of aromatic amines is 1. The number of H-pyrrole nitrogens is 1. The van der Waals surface area contributed by atoms with Crippen molar-refractivity contribution in [1.29, 1.82) is 0 Å². The second-order valence-electron chi connectivity index (χ2n) is 6.42. The molecule has 1 heterocycles. The van der Waals surface area contributed by atoms with E-state index in [0.717, 1.165) is 25.7 Å². The van der Waals surface area contributed by atoms with Crippen molar-refractivity contribution in [3.05, 3.63) is 11.3 Å². The van der Waals surface area contributed by atoms with Crippen LogP contribution in [0.25, 0.3) is 0 Å². The summed E-state index contributed by atoms with van der Waals surface area (Å²) >= 11 is 0. The predicted molar refractivity (Wildman–Crippen MR) is 77.6 cm³/mol. The standard InChI is InChI=1S/C13H24N4O2S/c1-9-11(8-14)12(16-15-9)20(18,19)17-10-5-4-6-13(2,3)7-10/h10,17H,4-8,14H2,1-3H3,(H,15,16). The number of nitrogens with zero attached hydrogens (tertiary/aromatic N) is 1. The lowest BCUT2D eigenvalue weighted by Gasteiger charge is -2.35. The minimum atomic E-state index is -3.60. The summed E-state index contributed by atoms with van der Waals surface area (Å²) in [6.07, 6.45) is 3.92. The third kappa shape index (κ3) is 3.21. The Morgan fingerprint density at radius 1 is 1.50 bits per heavy atom. The number of nitrogens with one attached hydrogen (secondary N) is 2. The smallest absolute Gasteiger partial charge is 0.260 e. The molecule has 0 aromatic carbocycles. The number of sulfonamides is 1. The van der Waals surface area contributed by atoms with Crippen LogP contribution in [-0.4, -0.2) is 24.7 Å². The SMILES string of the molecule is Cc1[nH]nc(S(=O)(=O)NC2CCCC(C)(C)C2)c1CN. The summed E-state index contributed by atoms with van der Waals surface area (Å²) in [7, 11) is -3.60. The Bertz CT molecular complexity index is 577. The zero-order valence-corrected chi connectivity index (χ0v) is 13.2. The molecular weight excluding hydrogens is 276 g/mol. The molecule has 1 atom stereocenters. The first kappa shape index (κ1) is 15.5. The normalized spacial score (nSPS) is 22.9. The minimum Gasteiger partial charge on any atom is -0.326 e. The van der Waals surface area contributed by atoms with Crippen LogP contribution in [0.15, 0.2) is 5.03 Å². The molecule has 0 amide bonds. The molecule has 1 aromatic rings. The van der Waals surface area contributed by atoms with Crippen molar-refractivity contribution in [1.82, 2.24) is 14.9 Å². The summed E-state index contributed by atoms with van der Waals surface area (Å²) in [6, 6.07) is -0.0219. The van der Waals surface area contributed by atoms with Gasteiger partial charge in [-0.1, -0.05) is 20.3 Å². The Hall–Kier alpha value is -0.920. The maximum absolute atomic E-state index is 12.5. The Balaban J connectivity index is 2.19. The van der Waals surface area contributed by atoms with Crippen molar-refractivity contribution in [2.24, 2.45) is 11.1 Å². The van der Waals surface area contributed by atoms with E-state index in [1.165, 1.54) is 0 Å². The first-order valence-corrected chi connectivity index (χ1v) is 8.50. The fourth-order valence-corrected chi connectivity index (χ4v) is 4.44.